The minimum absolute atomic E-state index is 0.113. The second kappa shape index (κ2) is 4.64. The van der Waals surface area contributed by atoms with E-state index in [0.717, 1.165) is 17.5 Å². The van der Waals surface area contributed by atoms with Crippen LogP contribution < -0.4 is 4.90 Å². The van der Waals surface area contributed by atoms with Crippen molar-refractivity contribution < 1.29 is 10.0 Å². The van der Waals surface area contributed by atoms with Gasteiger partial charge in [0.05, 0.1) is 21.2 Å². The number of hydrogen-bond acceptors (Lipinski definition) is 6. The molecule has 6 nitrogen and oxygen atoms in total. The van der Waals surface area contributed by atoms with Crippen molar-refractivity contribution in [2.75, 3.05) is 4.90 Å². The molecule has 110 valence electrons. The third-order valence-corrected chi connectivity index (χ3v) is 5.42. The molecule has 0 saturated carbocycles. The van der Waals surface area contributed by atoms with Crippen molar-refractivity contribution in [2.45, 2.75) is 43.9 Å². The molecular weight excluding hydrogens is 290 g/mol. The second-order valence-corrected chi connectivity index (χ2v) is 6.69. The van der Waals surface area contributed by atoms with E-state index in [1.165, 1.54) is 11.3 Å². The summed E-state index contributed by atoms with van der Waals surface area (Å²) in [4.78, 5) is 17.6. The molecule has 7 heteroatoms. The Labute approximate surface area is 125 Å². The van der Waals surface area contributed by atoms with Crippen molar-refractivity contribution >= 4 is 32.9 Å². The van der Waals surface area contributed by atoms with E-state index in [2.05, 4.69) is 9.88 Å². The van der Waals surface area contributed by atoms with Crippen molar-refractivity contribution in [1.82, 2.24) is 4.98 Å². The molecule has 2 atom stereocenters. The fourth-order valence-corrected chi connectivity index (χ4v) is 4.52. The van der Waals surface area contributed by atoms with E-state index >= 15 is 0 Å². The lowest BCUT2D eigenvalue weighted by Gasteiger charge is -2.38. The van der Waals surface area contributed by atoms with Crippen LogP contribution in [0.5, 0.6) is 0 Å². The van der Waals surface area contributed by atoms with Gasteiger partial charge in [-0.05, 0) is 37.8 Å². The number of nitro groups is 1. The van der Waals surface area contributed by atoms with Gasteiger partial charge in [-0.25, -0.2) is 4.98 Å². The quantitative estimate of drug-likeness (QED) is 0.681. The predicted octanol–water partition coefficient (Wildman–Crippen LogP) is 2.70. The van der Waals surface area contributed by atoms with Gasteiger partial charge in [-0.3, -0.25) is 10.1 Å². The Balaban J connectivity index is 1.87. The number of anilines is 1. The molecule has 0 amide bonds. The first-order chi connectivity index (χ1) is 10.1. The number of benzene rings is 1. The number of rotatable bonds is 2. The number of aliphatic hydroxyl groups is 1. The molecule has 21 heavy (non-hydrogen) atoms. The van der Waals surface area contributed by atoms with E-state index in [1.54, 1.807) is 5.51 Å². The summed E-state index contributed by atoms with van der Waals surface area (Å²) in [6, 6.07) is 4.17. The van der Waals surface area contributed by atoms with Crippen LogP contribution in [0.1, 0.15) is 25.7 Å². The first-order valence-electron chi connectivity index (χ1n) is 7.12. The van der Waals surface area contributed by atoms with E-state index in [4.69, 9.17) is 0 Å². The highest BCUT2D eigenvalue weighted by atomic mass is 32.1. The molecule has 0 aliphatic carbocycles. The number of aromatic nitrogens is 1. The van der Waals surface area contributed by atoms with E-state index in [1.807, 2.05) is 12.1 Å². The van der Waals surface area contributed by atoms with Crippen molar-refractivity contribution in [2.24, 2.45) is 0 Å². The first-order valence-corrected chi connectivity index (χ1v) is 8.00. The molecule has 4 rings (SSSR count). The Morgan fingerprint density at radius 2 is 2.05 bits per heavy atom. The Hall–Kier alpha value is -1.73. The molecule has 0 spiro atoms. The number of aliphatic hydroxyl groups excluding tert-OH is 1. The zero-order valence-electron chi connectivity index (χ0n) is 11.3. The summed E-state index contributed by atoms with van der Waals surface area (Å²) in [7, 11) is 0. The number of thiazole rings is 1. The van der Waals surface area contributed by atoms with Crippen molar-refractivity contribution in [1.29, 1.82) is 0 Å². The summed E-state index contributed by atoms with van der Waals surface area (Å²) in [6.07, 6.45) is 3.11. The molecule has 3 heterocycles. The number of piperidine rings is 1. The molecular formula is C14H15N3O3S. The highest BCUT2D eigenvalue weighted by Gasteiger charge is 2.43. The maximum Gasteiger partial charge on any atom is 0.319 e. The van der Waals surface area contributed by atoms with Gasteiger partial charge in [0.25, 0.3) is 0 Å². The normalized spacial score (nSPS) is 28.2. The first kappa shape index (κ1) is 13.0. The molecule has 2 saturated heterocycles. The van der Waals surface area contributed by atoms with Gasteiger partial charge >= 0.3 is 5.69 Å². The van der Waals surface area contributed by atoms with Crippen LogP contribution in [0.4, 0.5) is 11.4 Å². The van der Waals surface area contributed by atoms with Crippen LogP contribution in [0.25, 0.3) is 10.2 Å². The summed E-state index contributed by atoms with van der Waals surface area (Å²) in [5.41, 5.74) is 2.91. The average molecular weight is 305 g/mol. The van der Waals surface area contributed by atoms with Crippen LogP contribution in [0, 0.1) is 10.1 Å². The Kier molecular flexibility index (Phi) is 2.87. The van der Waals surface area contributed by atoms with Gasteiger partial charge in [0, 0.05) is 12.1 Å². The molecule has 2 fully saturated rings. The van der Waals surface area contributed by atoms with Gasteiger partial charge in [-0.15, -0.1) is 11.3 Å². The van der Waals surface area contributed by atoms with E-state index in [-0.39, 0.29) is 28.8 Å². The third kappa shape index (κ3) is 1.91. The van der Waals surface area contributed by atoms with Crippen LogP contribution >= 0.6 is 11.3 Å². The Morgan fingerprint density at radius 3 is 2.71 bits per heavy atom. The smallest absolute Gasteiger partial charge is 0.319 e. The molecule has 2 aliphatic rings. The summed E-state index contributed by atoms with van der Waals surface area (Å²) in [5.74, 6) is 0. The number of nitrogens with zero attached hydrogens (tertiary/aromatic N) is 3. The van der Waals surface area contributed by atoms with Crippen LogP contribution in [0.2, 0.25) is 0 Å². The van der Waals surface area contributed by atoms with Crippen molar-refractivity contribution in [3.63, 3.8) is 0 Å². The number of nitro benzene ring substituents is 1. The van der Waals surface area contributed by atoms with Crippen LogP contribution in [-0.4, -0.2) is 33.2 Å². The van der Waals surface area contributed by atoms with Crippen LogP contribution in [-0.2, 0) is 0 Å². The topological polar surface area (TPSA) is 79.5 Å². The SMILES string of the molecule is O=[N+]([O-])c1c(N2C3CCC2CC(O)C3)ccc2scnc12. The molecule has 2 aliphatic heterocycles. The third-order valence-electron chi connectivity index (χ3n) is 4.62. The van der Waals surface area contributed by atoms with Gasteiger partial charge < -0.3 is 10.0 Å². The van der Waals surface area contributed by atoms with Crippen molar-refractivity contribution in [3.8, 4) is 0 Å². The fourth-order valence-electron chi connectivity index (χ4n) is 3.84. The molecule has 2 aromatic rings. The van der Waals surface area contributed by atoms with Gasteiger partial charge in [0.2, 0.25) is 0 Å². The summed E-state index contributed by atoms with van der Waals surface area (Å²) < 4.78 is 0.842. The summed E-state index contributed by atoms with van der Waals surface area (Å²) >= 11 is 1.42. The molecule has 0 radical (unpaired) electrons. The van der Waals surface area contributed by atoms with Gasteiger partial charge in [-0.1, -0.05) is 0 Å². The number of hydrogen-bond donors (Lipinski definition) is 1. The maximum atomic E-state index is 11.6. The Morgan fingerprint density at radius 1 is 1.33 bits per heavy atom. The lowest BCUT2D eigenvalue weighted by atomic mass is 9.98. The van der Waals surface area contributed by atoms with Crippen LogP contribution in [0.15, 0.2) is 17.6 Å². The highest BCUT2D eigenvalue weighted by Crippen LogP contribution is 2.45. The summed E-state index contributed by atoms with van der Waals surface area (Å²) in [6.45, 7) is 0. The van der Waals surface area contributed by atoms with E-state index in [0.29, 0.717) is 24.0 Å². The monoisotopic (exact) mass is 305 g/mol. The van der Waals surface area contributed by atoms with Gasteiger partial charge in [0.15, 0.2) is 5.52 Å². The van der Waals surface area contributed by atoms with E-state index < -0.39 is 0 Å². The second-order valence-electron chi connectivity index (χ2n) is 5.81. The lowest BCUT2D eigenvalue weighted by molar-refractivity contribution is -0.382. The minimum atomic E-state index is -0.318. The zero-order chi connectivity index (χ0) is 14.6. The maximum absolute atomic E-state index is 11.6. The minimum Gasteiger partial charge on any atom is -0.393 e. The lowest BCUT2D eigenvalue weighted by Crippen LogP contribution is -2.45. The fraction of sp³-hybridized carbons (Fsp3) is 0.500. The molecule has 1 aromatic heterocycles. The zero-order valence-corrected chi connectivity index (χ0v) is 12.1. The summed E-state index contributed by atoms with van der Waals surface area (Å²) in [5, 5.41) is 21.5. The van der Waals surface area contributed by atoms with Crippen LogP contribution in [0.3, 0.4) is 0 Å². The molecule has 2 bridgehead atoms. The van der Waals surface area contributed by atoms with Gasteiger partial charge in [-0.2, -0.15) is 0 Å². The molecule has 2 unspecified atom stereocenters. The average Bonchev–Trinajstić information content (AvgIpc) is 3.00. The molecule has 1 N–H and O–H groups in total. The van der Waals surface area contributed by atoms with Crippen molar-refractivity contribution in [3.05, 3.63) is 27.8 Å². The largest absolute Gasteiger partial charge is 0.393 e. The standard InChI is InChI=1S/C14H15N3O3S/c18-10-5-8-1-2-9(6-10)16(8)11-3-4-12-13(15-7-21-12)14(11)17(19)20/h3-4,7-10,18H,1-2,5-6H2. The highest BCUT2D eigenvalue weighted by molar-refractivity contribution is 7.16. The number of fused-ring (bicyclic) bond motifs is 3. The molecule has 1 aromatic carbocycles. The van der Waals surface area contributed by atoms with E-state index in [9.17, 15) is 15.2 Å². The Bertz CT molecular complexity index is 703. The predicted molar refractivity (Wildman–Crippen MR) is 80.8 cm³/mol. The van der Waals surface area contributed by atoms with Gasteiger partial charge in [0.1, 0.15) is 5.69 Å².